The highest BCUT2D eigenvalue weighted by molar-refractivity contribution is 7.44. The number of rotatable bonds is 18. The predicted molar refractivity (Wildman–Crippen MR) is 186 cm³/mol. The molecule has 0 aromatic carbocycles. The lowest BCUT2D eigenvalue weighted by Crippen LogP contribution is -2.50. The van der Waals surface area contributed by atoms with Crippen LogP contribution in [-0.4, -0.2) is 113 Å². The fourth-order valence-corrected chi connectivity index (χ4v) is 7.73. The van der Waals surface area contributed by atoms with Crippen LogP contribution in [0, 0.1) is 18.4 Å². The summed E-state index contributed by atoms with van der Waals surface area (Å²) in [4.78, 5) is 66.5. The third-order valence-electron chi connectivity index (χ3n) is 8.59. The minimum absolute atomic E-state index is 0.00392. The number of aromatic nitrogens is 2. The Morgan fingerprint density at radius 3 is 2.36 bits per heavy atom. The Hall–Kier alpha value is -4.05. The Kier molecular flexibility index (Phi) is 16.5. The van der Waals surface area contributed by atoms with E-state index < -0.39 is 99.4 Å². The number of aromatic amines is 1. The third kappa shape index (κ3) is 12.0. The van der Waals surface area contributed by atoms with Crippen LogP contribution in [0.4, 0.5) is 26.3 Å². The number of hydrogen-bond donors (Lipinski definition) is 4. The molecule has 56 heavy (non-hydrogen) atoms. The second kappa shape index (κ2) is 19.9. The molecule has 0 radical (unpaired) electrons. The van der Waals surface area contributed by atoms with Crippen LogP contribution >= 0.6 is 8.53 Å². The van der Waals surface area contributed by atoms with Crippen LogP contribution in [0.25, 0.3) is 4.85 Å². The summed E-state index contributed by atoms with van der Waals surface area (Å²) in [6, 6.07) is -1.79. The zero-order chi connectivity index (χ0) is 42.0. The van der Waals surface area contributed by atoms with Crippen molar-refractivity contribution in [3.63, 3.8) is 0 Å². The number of nitrogens with zero attached hydrogens (tertiary/aromatic N) is 3. The van der Waals surface area contributed by atoms with Gasteiger partial charge >= 0.3 is 29.9 Å². The second-order valence-corrected chi connectivity index (χ2v) is 14.7. The van der Waals surface area contributed by atoms with Crippen LogP contribution in [0.5, 0.6) is 0 Å². The molecule has 2 aliphatic heterocycles. The summed E-state index contributed by atoms with van der Waals surface area (Å²) < 4.78 is 104. The van der Waals surface area contributed by atoms with Crippen LogP contribution in [-0.2, 0) is 32.9 Å². The summed E-state index contributed by atoms with van der Waals surface area (Å²) in [5.74, 6) is -0.834. The highest BCUT2D eigenvalue weighted by atomic mass is 31.2. The predicted octanol–water partition coefficient (Wildman–Crippen LogP) is 2.64. The van der Waals surface area contributed by atoms with Crippen molar-refractivity contribution < 1.29 is 59.2 Å². The van der Waals surface area contributed by atoms with Gasteiger partial charge in [0.15, 0.2) is 6.23 Å². The van der Waals surface area contributed by atoms with E-state index in [1.165, 1.54) is 5.32 Å². The lowest BCUT2D eigenvalue weighted by atomic mass is 9.96. The number of amides is 3. The number of carbonyl (C=O) groups excluding carboxylic acids is 3. The van der Waals surface area contributed by atoms with Gasteiger partial charge in [0.2, 0.25) is 12.5 Å². The number of ether oxygens (including phenoxy) is 2. The van der Waals surface area contributed by atoms with E-state index in [0.717, 1.165) is 10.8 Å². The first-order chi connectivity index (χ1) is 26.2. The molecule has 2 saturated heterocycles. The van der Waals surface area contributed by atoms with E-state index in [-0.39, 0.29) is 50.2 Å². The molecule has 312 valence electrons. The summed E-state index contributed by atoms with van der Waals surface area (Å²) >= 11 is 0. The second-order valence-electron chi connectivity index (χ2n) is 13.3. The maximum atomic E-state index is 13.1. The summed E-state index contributed by atoms with van der Waals surface area (Å²) in [7, 11) is -1.73. The SMILES string of the molecule is [C-]#[N+]CCOP(O[C@@H]1C2OC[C@]1(CC)O[C@H]2n1cc(C#CCNC(=O)[C@H](CCCCNC(=O)C(F)(F)F)NC(=O)C(F)(F)F)c(=O)[nH]c1=O)N(C(C)C)C(C)C. The van der Waals surface area contributed by atoms with Crippen LogP contribution in [0.2, 0.25) is 0 Å². The zero-order valence-corrected chi connectivity index (χ0v) is 32.0. The molecule has 16 nitrogen and oxygen atoms in total. The number of H-pyrrole nitrogens is 1. The van der Waals surface area contributed by atoms with Gasteiger partial charge in [-0.15, -0.1) is 0 Å². The Balaban J connectivity index is 1.76. The number of fused-ring (bicyclic) bond motifs is 2. The summed E-state index contributed by atoms with van der Waals surface area (Å²) in [6.07, 6.45) is -12.4. The fourth-order valence-electron chi connectivity index (χ4n) is 5.93. The molecule has 2 aliphatic rings. The first kappa shape index (κ1) is 46.3. The number of alkyl halides is 6. The number of halogens is 6. The van der Waals surface area contributed by atoms with Gasteiger partial charge in [0.05, 0.1) is 13.2 Å². The van der Waals surface area contributed by atoms with E-state index in [1.54, 1.807) is 5.32 Å². The summed E-state index contributed by atoms with van der Waals surface area (Å²) in [5.41, 5.74) is -3.03. The highest BCUT2D eigenvalue weighted by Gasteiger charge is 2.63. The molecular formula is C33H44F6N7O9P. The molecule has 2 unspecified atom stereocenters. The maximum absolute atomic E-state index is 13.1. The van der Waals surface area contributed by atoms with Crippen LogP contribution in [0.1, 0.15) is 72.1 Å². The van der Waals surface area contributed by atoms with Gasteiger partial charge in [0.25, 0.3) is 14.1 Å². The molecule has 2 bridgehead atoms. The molecule has 1 aromatic rings. The van der Waals surface area contributed by atoms with E-state index in [2.05, 4.69) is 27.0 Å². The fraction of sp³-hybridized carbons (Fsp3) is 0.697. The molecule has 0 saturated carbocycles. The topological polar surface area (TPSA) is 187 Å². The van der Waals surface area contributed by atoms with Crippen molar-refractivity contribution in [2.75, 3.05) is 32.8 Å². The first-order valence-electron chi connectivity index (χ1n) is 17.5. The normalized spacial score (nSPS) is 21.7. The zero-order valence-electron chi connectivity index (χ0n) is 31.1. The minimum Gasteiger partial charge on any atom is -0.368 e. The van der Waals surface area contributed by atoms with E-state index >= 15 is 0 Å². The summed E-state index contributed by atoms with van der Waals surface area (Å²) in [5, 5.41) is 5.31. The molecule has 0 aliphatic carbocycles. The van der Waals surface area contributed by atoms with E-state index in [0.29, 0.717) is 6.42 Å². The lowest BCUT2D eigenvalue weighted by molar-refractivity contribution is -0.175. The van der Waals surface area contributed by atoms with Gasteiger partial charge in [-0.2, -0.15) is 26.3 Å². The van der Waals surface area contributed by atoms with Crippen LogP contribution in [0.3, 0.4) is 0 Å². The van der Waals surface area contributed by atoms with Gasteiger partial charge in [0, 0.05) is 24.8 Å². The number of hydrogen-bond acceptors (Lipinski definition) is 10. The van der Waals surface area contributed by atoms with Crippen molar-refractivity contribution in [1.82, 2.24) is 30.2 Å². The van der Waals surface area contributed by atoms with Crippen molar-refractivity contribution in [2.45, 2.75) is 115 Å². The molecule has 3 heterocycles. The van der Waals surface area contributed by atoms with Gasteiger partial charge in [0.1, 0.15) is 36.0 Å². The molecule has 2 fully saturated rings. The molecule has 0 spiro atoms. The molecule has 3 rings (SSSR count). The molecule has 1 aromatic heterocycles. The van der Waals surface area contributed by atoms with Crippen molar-refractivity contribution in [3.05, 3.63) is 44.0 Å². The van der Waals surface area contributed by atoms with Crippen molar-refractivity contribution in [2.24, 2.45) is 0 Å². The molecule has 3 amide bonds. The third-order valence-corrected chi connectivity index (χ3v) is 10.7. The maximum Gasteiger partial charge on any atom is 0.471 e. The highest BCUT2D eigenvalue weighted by Crippen LogP contribution is 2.55. The van der Waals surface area contributed by atoms with Gasteiger partial charge in [-0.1, -0.05) is 18.8 Å². The summed E-state index contributed by atoms with van der Waals surface area (Å²) in [6.45, 7) is 16.2. The van der Waals surface area contributed by atoms with Crippen LogP contribution in [0.15, 0.2) is 15.8 Å². The first-order valence-corrected chi connectivity index (χ1v) is 18.6. The Bertz CT molecular complexity index is 1760. The number of carbonyl (C=O) groups is 3. The minimum atomic E-state index is -5.35. The monoisotopic (exact) mass is 827 g/mol. The average molecular weight is 828 g/mol. The Labute approximate surface area is 319 Å². The van der Waals surface area contributed by atoms with Crippen molar-refractivity contribution in [1.29, 1.82) is 0 Å². The molecular weight excluding hydrogens is 783 g/mol. The van der Waals surface area contributed by atoms with Crippen LogP contribution < -0.4 is 27.2 Å². The van der Waals surface area contributed by atoms with Gasteiger partial charge < -0.3 is 39.3 Å². The van der Waals surface area contributed by atoms with E-state index in [4.69, 9.17) is 25.1 Å². The quantitative estimate of drug-likeness (QED) is 0.0564. The Morgan fingerprint density at radius 1 is 1.11 bits per heavy atom. The average Bonchev–Trinajstić information content (AvgIpc) is 3.60. The Morgan fingerprint density at radius 2 is 1.77 bits per heavy atom. The van der Waals surface area contributed by atoms with Gasteiger partial charge in [-0.05, 0) is 53.4 Å². The number of nitrogens with one attached hydrogen (secondary N) is 4. The molecule has 23 heteroatoms. The smallest absolute Gasteiger partial charge is 0.368 e. The lowest BCUT2D eigenvalue weighted by Gasteiger charge is -2.38. The largest absolute Gasteiger partial charge is 0.471 e. The standard InChI is InChI=1S/C33H44F6N7O9P/c1-7-31-18-52-23(24(31)55-56(53-16-15-40-6)46(19(2)3)20(4)5)27(54-31)45-17-21(25(47)44-30(45)51)11-10-14-41-26(48)22(43-29(50)33(37,38)39)12-8-9-13-42-28(49)32(34,35)36/h17,19-20,22-24,27H,7-9,12-16,18H2,1-5H3,(H,41,48)(H,42,49)(H,43,50)(H,44,47,51)/t22-,23?,24+,27+,31-,56?/m0/s1. The molecule has 4 N–H and O–H groups in total. The van der Waals surface area contributed by atoms with Gasteiger partial charge in [-0.25, -0.2) is 16.0 Å². The number of unbranched alkanes of at least 4 members (excludes halogenated alkanes) is 1. The van der Waals surface area contributed by atoms with Crippen molar-refractivity contribution >= 4 is 26.2 Å². The van der Waals surface area contributed by atoms with Gasteiger partial charge in [-0.3, -0.25) is 28.7 Å². The van der Waals surface area contributed by atoms with E-state index in [9.17, 15) is 50.3 Å². The van der Waals surface area contributed by atoms with E-state index in [1.807, 2.05) is 39.3 Å². The van der Waals surface area contributed by atoms with Crippen molar-refractivity contribution in [3.8, 4) is 11.8 Å². The molecule has 6 atom stereocenters.